The highest BCUT2D eigenvalue weighted by molar-refractivity contribution is 5.91. The average molecular weight is 509 g/mol. The number of aryl methyl sites for hydroxylation is 1. The molecule has 0 N–H and O–H groups in total. The summed E-state index contributed by atoms with van der Waals surface area (Å²) >= 11 is 0. The molecule has 1 aromatic heterocycles. The van der Waals surface area contributed by atoms with E-state index in [9.17, 15) is 4.79 Å². The lowest BCUT2D eigenvalue weighted by Gasteiger charge is -2.34. The molecule has 0 spiro atoms. The van der Waals surface area contributed by atoms with Gasteiger partial charge in [-0.15, -0.1) is 0 Å². The van der Waals surface area contributed by atoms with Gasteiger partial charge in [-0.05, 0) is 47.9 Å². The van der Waals surface area contributed by atoms with Gasteiger partial charge in [0.2, 0.25) is 0 Å². The first-order valence-corrected chi connectivity index (χ1v) is 13.3. The van der Waals surface area contributed by atoms with Crippen LogP contribution in [0.15, 0.2) is 95.4 Å². The monoisotopic (exact) mass is 508 g/mol. The summed E-state index contributed by atoms with van der Waals surface area (Å²) in [6.45, 7) is 10.8. The number of furan rings is 1. The zero-order valence-electron chi connectivity index (χ0n) is 22.5. The SMILES string of the molecule is Cc1ccc(CN2CCN(C(=O)c3ccc(COc4ccc(C(C)(C)c5ccccc5)cc4)o3)CC2)cc1. The molecule has 38 heavy (non-hydrogen) atoms. The van der Waals surface area contributed by atoms with Crippen molar-refractivity contribution in [3.05, 3.63) is 125 Å². The van der Waals surface area contributed by atoms with Gasteiger partial charge in [-0.1, -0.05) is 86.1 Å². The van der Waals surface area contributed by atoms with Crippen LogP contribution >= 0.6 is 0 Å². The molecule has 5 nitrogen and oxygen atoms in total. The third-order valence-corrected chi connectivity index (χ3v) is 7.51. The summed E-state index contributed by atoms with van der Waals surface area (Å²) in [7, 11) is 0. The Labute approximate surface area is 225 Å². The Hall–Kier alpha value is -3.83. The van der Waals surface area contributed by atoms with Crippen molar-refractivity contribution in [2.45, 2.75) is 39.3 Å². The van der Waals surface area contributed by atoms with Gasteiger partial charge in [0.25, 0.3) is 5.91 Å². The molecule has 0 aliphatic carbocycles. The van der Waals surface area contributed by atoms with Crippen LogP contribution in [0.25, 0.3) is 0 Å². The molecule has 1 amide bonds. The fraction of sp³-hybridized carbons (Fsp3) is 0.303. The maximum Gasteiger partial charge on any atom is 0.289 e. The van der Waals surface area contributed by atoms with Crippen molar-refractivity contribution in [2.75, 3.05) is 26.2 Å². The third-order valence-electron chi connectivity index (χ3n) is 7.51. The minimum atomic E-state index is -0.0950. The smallest absolute Gasteiger partial charge is 0.289 e. The van der Waals surface area contributed by atoms with Gasteiger partial charge in [0.15, 0.2) is 5.76 Å². The van der Waals surface area contributed by atoms with E-state index in [0.29, 0.717) is 24.6 Å². The van der Waals surface area contributed by atoms with E-state index in [1.807, 2.05) is 29.2 Å². The minimum absolute atomic E-state index is 0.0567. The van der Waals surface area contributed by atoms with Crippen LogP contribution in [-0.4, -0.2) is 41.9 Å². The van der Waals surface area contributed by atoms with Crippen LogP contribution in [-0.2, 0) is 18.6 Å². The molecule has 196 valence electrons. The number of amides is 1. The van der Waals surface area contributed by atoms with Crippen LogP contribution in [0.3, 0.4) is 0 Å². The number of piperazine rings is 1. The number of rotatable bonds is 8. The third kappa shape index (κ3) is 6.00. The number of nitrogens with zero attached hydrogens (tertiary/aromatic N) is 2. The number of hydrogen-bond donors (Lipinski definition) is 0. The summed E-state index contributed by atoms with van der Waals surface area (Å²) in [5, 5.41) is 0. The molecule has 1 saturated heterocycles. The van der Waals surface area contributed by atoms with Crippen molar-refractivity contribution in [3.8, 4) is 5.75 Å². The maximum atomic E-state index is 13.0. The van der Waals surface area contributed by atoms with Crippen LogP contribution in [0.2, 0.25) is 0 Å². The van der Waals surface area contributed by atoms with E-state index in [0.717, 1.165) is 25.4 Å². The summed E-state index contributed by atoms with van der Waals surface area (Å²) in [6, 6.07) is 30.9. The Balaban J connectivity index is 1.11. The predicted octanol–water partition coefficient (Wildman–Crippen LogP) is 6.45. The molecule has 5 rings (SSSR count). The second-order valence-electron chi connectivity index (χ2n) is 10.6. The molecule has 5 heteroatoms. The standard InChI is InChI=1S/C33H36N2O3/c1-25-9-11-26(12-10-25)23-34-19-21-35(22-20-34)32(36)31-18-17-30(38-31)24-37-29-15-13-28(14-16-29)33(2,3)27-7-5-4-6-8-27/h4-18H,19-24H2,1-3H3. The highest BCUT2D eigenvalue weighted by atomic mass is 16.5. The topological polar surface area (TPSA) is 45.9 Å². The molecule has 1 aliphatic heterocycles. The highest BCUT2D eigenvalue weighted by Gasteiger charge is 2.25. The number of benzene rings is 3. The van der Waals surface area contributed by atoms with Gasteiger partial charge in [-0.3, -0.25) is 9.69 Å². The van der Waals surface area contributed by atoms with Crippen molar-refractivity contribution in [2.24, 2.45) is 0 Å². The molecule has 3 aromatic carbocycles. The molecule has 1 fully saturated rings. The first kappa shape index (κ1) is 25.8. The van der Waals surface area contributed by atoms with Crippen LogP contribution in [0.1, 0.15) is 52.4 Å². The summed E-state index contributed by atoms with van der Waals surface area (Å²) in [5.74, 6) is 1.72. The van der Waals surface area contributed by atoms with Crippen LogP contribution < -0.4 is 4.74 Å². The van der Waals surface area contributed by atoms with Crippen molar-refractivity contribution in [1.29, 1.82) is 0 Å². The zero-order chi connectivity index (χ0) is 26.5. The Kier molecular flexibility index (Phi) is 7.66. The Morgan fingerprint density at radius 2 is 1.47 bits per heavy atom. The average Bonchev–Trinajstić information content (AvgIpc) is 3.43. The van der Waals surface area contributed by atoms with Gasteiger partial charge < -0.3 is 14.1 Å². The summed E-state index contributed by atoms with van der Waals surface area (Å²) in [6.07, 6.45) is 0. The van der Waals surface area contributed by atoms with Crippen molar-refractivity contribution < 1.29 is 13.9 Å². The maximum absolute atomic E-state index is 13.0. The van der Waals surface area contributed by atoms with Crippen molar-refractivity contribution in [3.63, 3.8) is 0 Å². The quantitative estimate of drug-likeness (QED) is 0.274. The van der Waals surface area contributed by atoms with Crippen LogP contribution in [0.4, 0.5) is 0 Å². The molecule has 0 saturated carbocycles. The molecule has 0 radical (unpaired) electrons. The first-order chi connectivity index (χ1) is 18.4. The minimum Gasteiger partial charge on any atom is -0.486 e. The molecule has 4 aromatic rings. The lowest BCUT2D eigenvalue weighted by Crippen LogP contribution is -2.48. The molecular weight excluding hydrogens is 472 g/mol. The van der Waals surface area contributed by atoms with Gasteiger partial charge >= 0.3 is 0 Å². The highest BCUT2D eigenvalue weighted by Crippen LogP contribution is 2.32. The number of hydrogen-bond acceptors (Lipinski definition) is 4. The van der Waals surface area contributed by atoms with E-state index in [1.54, 1.807) is 6.07 Å². The van der Waals surface area contributed by atoms with Crippen LogP contribution in [0.5, 0.6) is 5.75 Å². The lowest BCUT2D eigenvalue weighted by molar-refractivity contribution is 0.0594. The number of carbonyl (C=O) groups excluding carboxylic acids is 1. The van der Waals surface area contributed by atoms with Crippen LogP contribution in [0, 0.1) is 6.92 Å². The fourth-order valence-corrected chi connectivity index (χ4v) is 4.93. The Morgan fingerprint density at radius 3 is 2.16 bits per heavy atom. The van der Waals surface area contributed by atoms with E-state index >= 15 is 0 Å². The number of ether oxygens (including phenoxy) is 1. The molecule has 0 atom stereocenters. The first-order valence-electron chi connectivity index (χ1n) is 13.3. The van der Waals surface area contributed by atoms with E-state index in [1.165, 1.54) is 22.3 Å². The molecule has 2 heterocycles. The second kappa shape index (κ2) is 11.3. The van der Waals surface area contributed by atoms with Gasteiger partial charge in [0, 0.05) is 38.1 Å². The zero-order valence-corrected chi connectivity index (χ0v) is 22.5. The van der Waals surface area contributed by atoms with Crippen molar-refractivity contribution >= 4 is 5.91 Å². The Bertz CT molecular complexity index is 1330. The summed E-state index contributed by atoms with van der Waals surface area (Å²) in [4.78, 5) is 17.3. The van der Waals surface area contributed by atoms with Gasteiger partial charge in [-0.25, -0.2) is 0 Å². The summed E-state index contributed by atoms with van der Waals surface area (Å²) in [5.41, 5.74) is 4.98. The fourth-order valence-electron chi connectivity index (χ4n) is 4.93. The predicted molar refractivity (Wildman–Crippen MR) is 150 cm³/mol. The van der Waals surface area contributed by atoms with E-state index in [-0.39, 0.29) is 17.9 Å². The lowest BCUT2D eigenvalue weighted by atomic mass is 9.78. The van der Waals surface area contributed by atoms with E-state index in [2.05, 4.69) is 86.3 Å². The molecular formula is C33H36N2O3. The summed E-state index contributed by atoms with van der Waals surface area (Å²) < 4.78 is 11.8. The second-order valence-corrected chi connectivity index (χ2v) is 10.6. The Morgan fingerprint density at radius 1 is 0.816 bits per heavy atom. The van der Waals surface area contributed by atoms with E-state index in [4.69, 9.17) is 9.15 Å². The molecule has 0 bridgehead atoms. The molecule has 1 aliphatic rings. The van der Waals surface area contributed by atoms with Gasteiger partial charge in [0.1, 0.15) is 18.1 Å². The normalized spacial score (nSPS) is 14.4. The van der Waals surface area contributed by atoms with E-state index < -0.39 is 0 Å². The van der Waals surface area contributed by atoms with Crippen molar-refractivity contribution in [1.82, 2.24) is 9.80 Å². The molecule has 0 unspecified atom stereocenters. The number of carbonyl (C=O) groups is 1. The van der Waals surface area contributed by atoms with Gasteiger partial charge in [-0.2, -0.15) is 0 Å². The van der Waals surface area contributed by atoms with Gasteiger partial charge in [0.05, 0.1) is 0 Å². The largest absolute Gasteiger partial charge is 0.486 e.